The van der Waals surface area contributed by atoms with Crippen LogP contribution in [0.3, 0.4) is 0 Å². The molecular formula is C25H32N2O5. The lowest BCUT2D eigenvalue weighted by Gasteiger charge is -2.27. The van der Waals surface area contributed by atoms with Crippen LogP contribution in [0, 0.1) is 0 Å². The van der Waals surface area contributed by atoms with Crippen molar-refractivity contribution in [3.8, 4) is 11.5 Å². The molecule has 1 aliphatic rings. The third-order valence-electron chi connectivity index (χ3n) is 5.38. The van der Waals surface area contributed by atoms with Crippen molar-refractivity contribution in [2.75, 3.05) is 20.1 Å². The third-order valence-corrected chi connectivity index (χ3v) is 5.38. The van der Waals surface area contributed by atoms with E-state index in [2.05, 4.69) is 0 Å². The number of carbonyl (C=O) groups is 2. The second-order valence-corrected chi connectivity index (χ2v) is 9.12. The van der Waals surface area contributed by atoms with E-state index in [0.717, 1.165) is 5.56 Å². The Morgan fingerprint density at radius 1 is 1.16 bits per heavy atom. The second kappa shape index (κ2) is 9.94. The quantitative estimate of drug-likeness (QED) is 0.735. The zero-order valence-corrected chi connectivity index (χ0v) is 19.2. The second-order valence-electron chi connectivity index (χ2n) is 9.12. The maximum atomic E-state index is 13.0. The molecule has 2 aromatic carbocycles. The number of likely N-dealkylation sites (N-methyl/N-ethyl adjacent to an activating group) is 1. The summed E-state index contributed by atoms with van der Waals surface area (Å²) in [6.07, 6.45) is 0.432. The monoisotopic (exact) mass is 440 g/mol. The number of benzene rings is 2. The Balaban J connectivity index is 1.61. The van der Waals surface area contributed by atoms with Crippen molar-refractivity contribution >= 4 is 12.0 Å². The van der Waals surface area contributed by atoms with Gasteiger partial charge >= 0.3 is 6.09 Å². The van der Waals surface area contributed by atoms with Crippen LogP contribution in [0.4, 0.5) is 4.79 Å². The topological polar surface area (TPSA) is 79.3 Å². The zero-order chi connectivity index (χ0) is 23.3. The molecule has 1 N–H and O–H groups in total. The van der Waals surface area contributed by atoms with E-state index in [1.54, 1.807) is 35.0 Å². The fraction of sp³-hybridized carbons (Fsp3) is 0.440. The SMILES string of the molecule is CN(C(=O)Cc1cc(O)ccc1OCc1ccccc1)[C@H]1CCN(C(=O)OC(C)(C)C)C1. The van der Waals surface area contributed by atoms with Crippen LogP contribution in [-0.4, -0.2) is 58.7 Å². The molecule has 1 fully saturated rings. The number of aromatic hydroxyl groups is 1. The lowest BCUT2D eigenvalue weighted by molar-refractivity contribution is -0.131. The fourth-order valence-electron chi connectivity index (χ4n) is 3.62. The van der Waals surface area contributed by atoms with Crippen molar-refractivity contribution in [3.05, 3.63) is 59.7 Å². The largest absolute Gasteiger partial charge is 0.508 e. The van der Waals surface area contributed by atoms with Crippen molar-refractivity contribution < 1.29 is 24.2 Å². The van der Waals surface area contributed by atoms with Gasteiger partial charge in [0.25, 0.3) is 0 Å². The van der Waals surface area contributed by atoms with Crippen molar-refractivity contribution in [2.45, 2.75) is 51.9 Å². The average Bonchev–Trinajstić information content (AvgIpc) is 3.22. The molecule has 3 rings (SSSR count). The van der Waals surface area contributed by atoms with Gasteiger partial charge in [-0.2, -0.15) is 0 Å². The predicted octanol–water partition coefficient (Wildman–Crippen LogP) is 3.98. The highest BCUT2D eigenvalue weighted by molar-refractivity contribution is 5.80. The van der Waals surface area contributed by atoms with Crippen LogP contribution >= 0.6 is 0 Å². The van der Waals surface area contributed by atoms with E-state index >= 15 is 0 Å². The van der Waals surface area contributed by atoms with E-state index < -0.39 is 5.60 Å². The van der Waals surface area contributed by atoms with Gasteiger partial charge in [0, 0.05) is 25.7 Å². The van der Waals surface area contributed by atoms with E-state index in [0.29, 0.717) is 37.4 Å². The summed E-state index contributed by atoms with van der Waals surface area (Å²) < 4.78 is 11.4. The van der Waals surface area contributed by atoms with E-state index in [4.69, 9.17) is 9.47 Å². The molecule has 0 spiro atoms. The summed E-state index contributed by atoms with van der Waals surface area (Å²) in [5.41, 5.74) is 1.09. The summed E-state index contributed by atoms with van der Waals surface area (Å²) in [4.78, 5) is 28.6. The number of hydrogen-bond acceptors (Lipinski definition) is 5. The summed E-state index contributed by atoms with van der Waals surface area (Å²) in [6.45, 7) is 6.86. The van der Waals surface area contributed by atoms with Crippen LogP contribution in [0.5, 0.6) is 11.5 Å². The van der Waals surface area contributed by atoms with Gasteiger partial charge in [0.2, 0.25) is 5.91 Å². The predicted molar refractivity (Wildman–Crippen MR) is 122 cm³/mol. The van der Waals surface area contributed by atoms with Crippen LogP contribution in [0.2, 0.25) is 0 Å². The van der Waals surface area contributed by atoms with Crippen LogP contribution in [0.1, 0.15) is 38.3 Å². The van der Waals surface area contributed by atoms with Crippen molar-refractivity contribution in [1.29, 1.82) is 0 Å². The molecule has 2 amide bonds. The van der Waals surface area contributed by atoms with Gasteiger partial charge in [-0.3, -0.25) is 4.79 Å². The molecule has 32 heavy (non-hydrogen) atoms. The van der Waals surface area contributed by atoms with Gasteiger partial charge in [-0.25, -0.2) is 4.79 Å². The van der Waals surface area contributed by atoms with Gasteiger partial charge < -0.3 is 24.4 Å². The Hall–Kier alpha value is -3.22. The lowest BCUT2D eigenvalue weighted by Crippen LogP contribution is -2.41. The number of likely N-dealkylation sites (tertiary alicyclic amines) is 1. The van der Waals surface area contributed by atoms with Gasteiger partial charge in [0.05, 0.1) is 12.5 Å². The Kier molecular flexibility index (Phi) is 7.28. The molecule has 7 nitrogen and oxygen atoms in total. The van der Waals surface area contributed by atoms with Crippen LogP contribution < -0.4 is 4.74 Å². The number of rotatable bonds is 6. The van der Waals surface area contributed by atoms with E-state index in [1.807, 2.05) is 51.1 Å². The Labute approximate surface area is 189 Å². The molecule has 1 atom stereocenters. The first-order chi connectivity index (χ1) is 15.1. The first kappa shape index (κ1) is 23.4. The number of hydrogen-bond donors (Lipinski definition) is 1. The molecular weight excluding hydrogens is 408 g/mol. The Morgan fingerprint density at radius 3 is 2.56 bits per heavy atom. The molecule has 0 radical (unpaired) electrons. The maximum Gasteiger partial charge on any atom is 0.410 e. The Morgan fingerprint density at radius 2 is 1.88 bits per heavy atom. The van der Waals surface area contributed by atoms with Crippen LogP contribution in [-0.2, 0) is 22.6 Å². The highest BCUT2D eigenvalue weighted by Gasteiger charge is 2.33. The number of carbonyl (C=O) groups excluding carboxylic acids is 2. The number of nitrogens with zero attached hydrogens (tertiary/aromatic N) is 2. The molecule has 2 aromatic rings. The molecule has 0 aromatic heterocycles. The number of ether oxygens (including phenoxy) is 2. The molecule has 0 bridgehead atoms. The summed E-state index contributed by atoms with van der Waals surface area (Å²) in [7, 11) is 1.75. The molecule has 0 aliphatic carbocycles. The maximum absolute atomic E-state index is 13.0. The number of amides is 2. The zero-order valence-electron chi connectivity index (χ0n) is 19.2. The molecule has 7 heteroatoms. The molecule has 1 saturated heterocycles. The molecule has 1 heterocycles. The van der Waals surface area contributed by atoms with Crippen molar-refractivity contribution in [2.24, 2.45) is 0 Å². The summed E-state index contributed by atoms with van der Waals surface area (Å²) in [6, 6.07) is 14.5. The minimum Gasteiger partial charge on any atom is -0.508 e. The summed E-state index contributed by atoms with van der Waals surface area (Å²) in [5, 5.41) is 9.94. The van der Waals surface area contributed by atoms with E-state index in [9.17, 15) is 14.7 Å². The average molecular weight is 441 g/mol. The van der Waals surface area contributed by atoms with Gasteiger partial charge in [0.1, 0.15) is 23.7 Å². The van der Waals surface area contributed by atoms with E-state index in [1.165, 1.54) is 0 Å². The normalized spacial score (nSPS) is 16.0. The highest BCUT2D eigenvalue weighted by atomic mass is 16.6. The minimum atomic E-state index is -0.553. The summed E-state index contributed by atoms with van der Waals surface area (Å²) in [5.74, 6) is 0.547. The van der Waals surface area contributed by atoms with Crippen LogP contribution in [0.25, 0.3) is 0 Å². The number of phenols is 1. The molecule has 0 saturated carbocycles. The molecule has 1 aliphatic heterocycles. The minimum absolute atomic E-state index is 0.0824. The summed E-state index contributed by atoms with van der Waals surface area (Å²) >= 11 is 0. The first-order valence-electron chi connectivity index (χ1n) is 10.8. The van der Waals surface area contributed by atoms with Gasteiger partial charge in [-0.1, -0.05) is 30.3 Å². The highest BCUT2D eigenvalue weighted by Crippen LogP contribution is 2.26. The molecule has 0 unspecified atom stereocenters. The smallest absolute Gasteiger partial charge is 0.410 e. The van der Waals surface area contributed by atoms with Crippen LogP contribution in [0.15, 0.2) is 48.5 Å². The first-order valence-corrected chi connectivity index (χ1v) is 10.8. The van der Waals surface area contributed by atoms with Gasteiger partial charge in [-0.05, 0) is 51.0 Å². The van der Waals surface area contributed by atoms with Crippen molar-refractivity contribution in [3.63, 3.8) is 0 Å². The van der Waals surface area contributed by atoms with E-state index in [-0.39, 0.29) is 30.2 Å². The lowest BCUT2D eigenvalue weighted by atomic mass is 10.1. The van der Waals surface area contributed by atoms with Crippen molar-refractivity contribution in [1.82, 2.24) is 9.80 Å². The number of phenolic OH excluding ortho intramolecular Hbond substituents is 1. The molecule has 172 valence electrons. The van der Waals surface area contributed by atoms with Gasteiger partial charge in [-0.15, -0.1) is 0 Å². The Bertz CT molecular complexity index is 939. The standard InChI is InChI=1S/C25H32N2O5/c1-25(2,3)32-24(30)27-13-12-20(16-27)26(4)23(29)15-19-14-21(28)10-11-22(19)31-17-18-8-6-5-7-9-18/h5-11,14,20,28H,12-13,15-17H2,1-4H3/t20-/m0/s1. The van der Waals surface area contributed by atoms with Gasteiger partial charge in [0.15, 0.2) is 0 Å². The third kappa shape index (κ3) is 6.39. The fourth-order valence-corrected chi connectivity index (χ4v) is 3.62.